The molecule has 0 saturated heterocycles. The van der Waals surface area contributed by atoms with E-state index in [0.29, 0.717) is 12.0 Å². The SMILES string of the molecule is CC[C@H](C(=O)O)N(C)Cc1ccc(C(F)(F)F)nc1. The van der Waals surface area contributed by atoms with Crippen molar-refractivity contribution >= 4 is 5.97 Å². The summed E-state index contributed by atoms with van der Waals surface area (Å²) < 4.78 is 37.0. The van der Waals surface area contributed by atoms with Crippen LogP contribution in [0.4, 0.5) is 13.2 Å². The average Bonchev–Trinajstić information content (AvgIpc) is 2.28. The summed E-state index contributed by atoms with van der Waals surface area (Å²) in [7, 11) is 1.61. The molecule has 0 aromatic carbocycles. The van der Waals surface area contributed by atoms with Gasteiger partial charge in [-0.3, -0.25) is 14.7 Å². The van der Waals surface area contributed by atoms with Gasteiger partial charge in [-0.1, -0.05) is 13.0 Å². The quantitative estimate of drug-likeness (QED) is 0.897. The Morgan fingerprint density at radius 3 is 2.47 bits per heavy atom. The molecule has 0 bridgehead atoms. The van der Waals surface area contributed by atoms with Crippen LogP contribution < -0.4 is 0 Å². The molecule has 1 heterocycles. The van der Waals surface area contributed by atoms with Crippen LogP contribution in [0.15, 0.2) is 18.3 Å². The second kappa shape index (κ2) is 6.01. The largest absolute Gasteiger partial charge is 0.480 e. The topological polar surface area (TPSA) is 53.4 Å². The zero-order valence-corrected chi connectivity index (χ0v) is 10.6. The predicted octanol–water partition coefficient (Wildman–Crippen LogP) is 2.40. The lowest BCUT2D eigenvalue weighted by Gasteiger charge is -2.23. The van der Waals surface area contributed by atoms with E-state index in [-0.39, 0.29) is 6.54 Å². The van der Waals surface area contributed by atoms with E-state index >= 15 is 0 Å². The summed E-state index contributed by atoms with van der Waals surface area (Å²) >= 11 is 0. The normalized spacial score (nSPS) is 13.6. The number of carboxylic acids is 1. The van der Waals surface area contributed by atoms with Gasteiger partial charge in [0.2, 0.25) is 0 Å². The Bertz CT molecular complexity index is 432. The Hall–Kier alpha value is -1.63. The first-order valence-corrected chi connectivity index (χ1v) is 5.71. The van der Waals surface area contributed by atoms with Gasteiger partial charge in [-0.15, -0.1) is 0 Å². The van der Waals surface area contributed by atoms with E-state index in [9.17, 15) is 18.0 Å². The predicted molar refractivity (Wildman–Crippen MR) is 62.4 cm³/mol. The molecular weight excluding hydrogens is 261 g/mol. The van der Waals surface area contributed by atoms with Crippen LogP contribution in [0.3, 0.4) is 0 Å². The van der Waals surface area contributed by atoms with Gasteiger partial charge in [0, 0.05) is 12.7 Å². The molecule has 1 atom stereocenters. The van der Waals surface area contributed by atoms with E-state index in [4.69, 9.17) is 5.11 Å². The van der Waals surface area contributed by atoms with E-state index in [1.54, 1.807) is 18.9 Å². The number of alkyl halides is 3. The van der Waals surface area contributed by atoms with Gasteiger partial charge in [0.05, 0.1) is 0 Å². The molecule has 0 saturated carbocycles. The number of rotatable bonds is 5. The standard InChI is InChI=1S/C12H15F3N2O2/c1-3-9(11(18)19)17(2)7-8-4-5-10(16-6-8)12(13,14)15/h4-6,9H,3,7H2,1-2H3,(H,18,19)/t9-/m1/s1. The molecule has 0 radical (unpaired) electrons. The molecule has 1 rings (SSSR count). The van der Waals surface area contributed by atoms with Gasteiger partial charge in [0.25, 0.3) is 0 Å². The molecule has 106 valence electrons. The fraction of sp³-hybridized carbons (Fsp3) is 0.500. The first-order chi connectivity index (χ1) is 8.75. The zero-order valence-electron chi connectivity index (χ0n) is 10.6. The lowest BCUT2D eigenvalue weighted by molar-refractivity contribution is -0.143. The molecule has 7 heteroatoms. The molecule has 19 heavy (non-hydrogen) atoms. The smallest absolute Gasteiger partial charge is 0.433 e. The second-order valence-electron chi connectivity index (χ2n) is 4.23. The Morgan fingerprint density at radius 1 is 1.47 bits per heavy atom. The van der Waals surface area contributed by atoms with Crippen molar-refractivity contribution in [2.75, 3.05) is 7.05 Å². The summed E-state index contributed by atoms with van der Waals surface area (Å²) in [6.45, 7) is 1.97. The molecule has 0 aliphatic carbocycles. The van der Waals surface area contributed by atoms with Crippen LogP contribution in [0.1, 0.15) is 24.6 Å². The lowest BCUT2D eigenvalue weighted by atomic mass is 10.1. The third-order valence-corrected chi connectivity index (χ3v) is 2.75. The number of nitrogens with zero attached hydrogens (tertiary/aromatic N) is 2. The molecule has 0 unspecified atom stereocenters. The number of likely N-dealkylation sites (N-methyl/N-ethyl adjacent to an activating group) is 1. The summed E-state index contributed by atoms with van der Waals surface area (Å²) in [6, 6.07) is 1.54. The molecule has 1 aromatic rings. The molecule has 0 amide bonds. The molecular formula is C12H15F3N2O2. The van der Waals surface area contributed by atoms with Crippen molar-refractivity contribution in [2.45, 2.75) is 32.1 Å². The molecule has 0 aliphatic heterocycles. The van der Waals surface area contributed by atoms with Crippen LogP contribution in [0.2, 0.25) is 0 Å². The van der Waals surface area contributed by atoms with E-state index in [1.807, 2.05) is 0 Å². The van der Waals surface area contributed by atoms with E-state index < -0.39 is 23.9 Å². The highest BCUT2D eigenvalue weighted by atomic mass is 19.4. The van der Waals surface area contributed by atoms with Crippen molar-refractivity contribution in [3.8, 4) is 0 Å². The summed E-state index contributed by atoms with van der Waals surface area (Å²) in [6.07, 6.45) is -2.93. The maximum atomic E-state index is 12.3. The molecule has 1 N–H and O–H groups in total. The van der Waals surface area contributed by atoms with E-state index in [0.717, 1.165) is 12.3 Å². The zero-order chi connectivity index (χ0) is 14.6. The summed E-state index contributed by atoms with van der Waals surface area (Å²) in [4.78, 5) is 15.8. The Balaban J connectivity index is 2.75. The number of carboxylic acid groups (broad SMARTS) is 1. The van der Waals surface area contributed by atoms with E-state index in [1.165, 1.54) is 6.07 Å². The number of halogens is 3. The lowest BCUT2D eigenvalue weighted by Crippen LogP contribution is -2.37. The van der Waals surface area contributed by atoms with Crippen LogP contribution in [0, 0.1) is 0 Å². The summed E-state index contributed by atoms with van der Waals surface area (Å²) in [5, 5.41) is 8.97. The van der Waals surface area contributed by atoms with Crippen LogP contribution >= 0.6 is 0 Å². The van der Waals surface area contributed by atoms with Crippen LogP contribution in [-0.2, 0) is 17.5 Å². The maximum absolute atomic E-state index is 12.3. The molecule has 1 aromatic heterocycles. The van der Waals surface area contributed by atoms with Crippen molar-refractivity contribution in [3.05, 3.63) is 29.6 Å². The number of hydrogen-bond acceptors (Lipinski definition) is 3. The van der Waals surface area contributed by atoms with Crippen molar-refractivity contribution < 1.29 is 23.1 Å². The molecule has 0 spiro atoms. The number of aliphatic carboxylic acids is 1. The maximum Gasteiger partial charge on any atom is 0.433 e. The van der Waals surface area contributed by atoms with Gasteiger partial charge in [-0.25, -0.2) is 0 Å². The number of pyridine rings is 1. The minimum Gasteiger partial charge on any atom is -0.480 e. The van der Waals surface area contributed by atoms with Gasteiger partial charge in [-0.2, -0.15) is 13.2 Å². The highest BCUT2D eigenvalue weighted by Crippen LogP contribution is 2.27. The van der Waals surface area contributed by atoms with Crippen molar-refractivity contribution in [2.24, 2.45) is 0 Å². The monoisotopic (exact) mass is 276 g/mol. The second-order valence-corrected chi connectivity index (χ2v) is 4.23. The highest BCUT2D eigenvalue weighted by Gasteiger charge is 2.32. The number of hydrogen-bond donors (Lipinski definition) is 1. The van der Waals surface area contributed by atoms with Crippen LogP contribution in [0.25, 0.3) is 0 Å². The molecule has 4 nitrogen and oxygen atoms in total. The van der Waals surface area contributed by atoms with Crippen molar-refractivity contribution in [1.29, 1.82) is 0 Å². The van der Waals surface area contributed by atoms with Gasteiger partial charge in [0.15, 0.2) is 0 Å². The van der Waals surface area contributed by atoms with Crippen LogP contribution in [0.5, 0.6) is 0 Å². The average molecular weight is 276 g/mol. The molecule has 0 aliphatic rings. The van der Waals surface area contributed by atoms with Gasteiger partial charge < -0.3 is 5.11 Å². The number of carbonyl (C=O) groups is 1. The minimum atomic E-state index is -4.46. The summed E-state index contributed by atoms with van der Waals surface area (Å²) in [5.74, 6) is -0.954. The fourth-order valence-electron chi connectivity index (χ4n) is 1.76. The Morgan fingerprint density at radius 2 is 2.11 bits per heavy atom. The fourth-order valence-corrected chi connectivity index (χ4v) is 1.76. The molecule has 0 fully saturated rings. The Labute approximate surface area is 108 Å². The Kier molecular flexibility index (Phi) is 4.88. The van der Waals surface area contributed by atoms with E-state index in [2.05, 4.69) is 4.98 Å². The third-order valence-electron chi connectivity index (χ3n) is 2.75. The van der Waals surface area contributed by atoms with Crippen molar-refractivity contribution in [3.63, 3.8) is 0 Å². The van der Waals surface area contributed by atoms with Gasteiger partial charge >= 0.3 is 12.1 Å². The first kappa shape index (κ1) is 15.4. The first-order valence-electron chi connectivity index (χ1n) is 5.71. The van der Waals surface area contributed by atoms with Gasteiger partial charge in [0.1, 0.15) is 11.7 Å². The van der Waals surface area contributed by atoms with Crippen molar-refractivity contribution in [1.82, 2.24) is 9.88 Å². The summed E-state index contributed by atoms with van der Waals surface area (Å²) in [5.41, 5.74) is -0.417. The minimum absolute atomic E-state index is 0.232. The highest BCUT2D eigenvalue weighted by molar-refractivity contribution is 5.73. The number of aromatic nitrogens is 1. The third kappa shape index (κ3) is 4.20. The van der Waals surface area contributed by atoms with Gasteiger partial charge in [-0.05, 0) is 25.1 Å². The van der Waals surface area contributed by atoms with Crippen LogP contribution in [-0.4, -0.2) is 34.0 Å².